The standard InChI is InChI=1S/C52H46N8O4/c53-39-19-7-33(8-20-39)1-3-35-11-23-41(24-12-35)55-45-31-47(61)52(64)60-50(45)58-44-29-17-38(18-30-44)6-5-36-13-25-42(26-14-36)56-46-32-48(62)51(63)59-49(46)57-43-27-15-37(16-28-43)4-2-34-9-21-40(54)22-10-34/h7-32,55-56H,1-6,53-54H2,(H,57,59,63)(H,58,60,64). The summed E-state index contributed by atoms with van der Waals surface area (Å²) in [6.45, 7) is 0. The number of carbonyl (C=O) groups is 4. The highest BCUT2D eigenvalue weighted by Crippen LogP contribution is 2.23. The third kappa shape index (κ3) is 11.3. The molecule has 2 aliphatic heterocycles. The number of nitrogens with two attached hydrogens (primary N) is 2. The molecule has 0 radical (unpaired) electrons. The Morgan fingerprint density at radius 3 is 0.938 bits per heavy atom. The predicted molar refractivity (Wildman–Crippen MR) is 254 cm³/mol. The molecule has 2 heterocycles. The first kappa shape index (κ1) is 42.3. The summed E-state index contributed by atoms with van der Waals surface area (Å²) >= 11 is 0. The van der Waals surface area contributed by atoms with Gasteiger partial charge in [-0.1, -0.05) is 72.8 Å². The molecule has 0 saturated heterocycles. The summed E-state index contributed by atoms with van der Waals surface area (Å²) in [5.74, 6) is -2.29. The number of ketones is 2. The zero-order valence-electron chi connectivity index (χ0n) is 34.9. The van der Waals surface area contributed by atoms with Crippen molar-refractivity contribution in [1.29, 1.82) is 0 Å². The normalized spacial score (nSPS) is 15.1. The maximum Gasteiger partial charge on any atom is 0.297 e. The maximum absolute atomic E-state index is 12.4. The molecule has 0 aliphatic carbocycles. The van der Waals surface area contributed by atoms with E-state index >= 15 is 0 Å². The first-order valence-corrected chi connectivity index (χ1v) is 21.0. The highest BCUT2D eigenvalue weighted by molar-refractivity contribution is 6.47. The quantitative estimate of drug-likeness (QED) is 0.0448. The number of nitrogens with zero attached hydrogens (tertiary/aromatic N) is 2. The van der Waals surface area contributed by atoms with Gasteiger partial charge in [-0.2, -0.15) is 0 Å². The second kappa shape index (κ2) is 19.6. The van der Waals surface area contributed by atoms with Crippen LogP contribution in [0.25, 0.3) is 0 Å². The Balaban J connectivity index is 0.851. The Bertz CT molecular complexity index is 2810. The lowest BCUT2D eigenvalue weighted by Crippen LogP contribution is -2.42. The highest BCUT2D eigenvalue weighted by Gasteiger charge is 2.25. The van der Waals surface area contributed by atoms with E-state index in [2.05, 4.69) is 31.3 Å². The minimum absolute atomic E-state index is 0.253. The molecule has 0 bridgehead atoms. The van der Waals surface area contributed by atoms with Gasteiger partial charge in [-0.3, -0.25) is 19.2 Å². The lowest BCUT2D eigenvalue weighted by atomic mass is 10.0. The van der Waals surface area contributed by atoms with E-state index in [1.165, 1.54) is 23.3 Å². The third-order valence-electron chi connectivity index (χ3n) is 10.9. The van der Waals surface area contributed by atoms with E-state index in [4.69, 9.17) is 11.5 Å². The SMILES string of the molecule is Nc1ccc(CCc2ccc(N=C3NC(=O)C(=O)C=C3Nc3ccc(CCc4ccc(N=C5NC(=O)C(=O)C=C5Nc5ccc(CCc6ccc(N)cc6)cc5)cc4)cc3)cc2)cc1. The van der Waals surface area contributed by atoms with Gasteiger partial charge in [0, 0.05) is 34.9 Å². The molecule has 0 saturated carbocycles. The van der Waals surface area contributed by atoms with Crippen LogP contribution in [0, 0.1) is 0 Å². The predicted octanol–water partition coefficient (Wildman–Crippen LogP) is 7.66. The van der Waals surface area contributed by atoms with Crippen LogP contribution in [0.3, 0.4) is 0 Å². The first-order valence-electron chi connectivity index (χ1n) is 21.0. The Labute approximate surface area is 370 Å². The van der Waals surface area contributed by atoms with Crippen molar-refractivity contribution in [2.24, 2.45) is 9.98 Å². The number of benzene rings is 6. The smallest absolute Gasteiger partial charge is 0.297 e. The largest absolute Gasteiger partial charge is 0.399 e. The van der Waals surface area contributed by atoms with Crippen LogP contribution in [0.5, 0.6) is 0 Å². The Kier molecular flexibility index (Phi) is 12.9. The number of aliphatic imine (C=N–C) groups is 2. The molecule has 0 unspecified atom stereocenters. The van der Waals surface area contributed by atoms with E-state index in [1.807, 2.05) is 146 Å². The Hall–Kier alpha value is -8.38. The molecule has 12 nitrogen and oxygen atoms in total. The molecule has 6 aromatic carbocycles. The van der Waals surface area contributed by atoms with Gasteiger partial charge < -0.3 is 32.7 Å². The summed E-state index contributed by atoms with van der Waals surface area (Å²) in [5, 5.41) is 11.7. The summed E-state index contributed by atoms with van der Waals surface area (Å²) in [7, 11) is 0. The Morgan fingerprint density at radius 1 is 0.375 bits per heavy atom. The van der Waals surface area contributed by atoms with Gasteiger partial charge in [-0.05, 0) is 145 Å². The third-order valence-corrected chi connectivity index (χ3v) is 10.9. The van der Waals surface area contributed by atoms with Crippen molar-refractivity contribution < 1.29 is 19.2 Å². The highest BCUT2D eigenvalue weighted by atomic mass is 16.2. The summed E-state index contributed by atoms with van der Waals surface area (Å²) < 4.78 is 0. The van der Waals surface area contributed by atoms with Crippen molar-refractivity contribution in [3.63, 3.8) is 0 Å². The maximum atomic E-state index is 12.4. The Morgan fingerprint density at radius 2 is 0.641 bits per heavy atom. The van der Waals surface area contributed by atoms with Crippen molar-refractivity contribution in [2.75, 3.05) is 22.1 Å². The minimum atomic E-state index is -0.743. The van der Waals surface area contributed by atoms with E-state index in [-0.39, 0.29) is 11.7 Å². The van der Waals surface area contributed by atoms with Gasteiger partial charge in [-0.15, -0.1) is 0 Å². The number of amides is 2. The monoisotopic (exact) mass is 846 g/mol. The van der Waals surface area contributed by atoms with E-state index in [0.29, 0.717) is 22.8 Å². The summed E-state index contributed by atoms with van der Waals surface area (Å²) in [5.41, 5.74) is 23.6. The zero-order chi connectivity index (χ0) is 44.4. The number of rotatable bonds is 15. The molecule has 12 heteroatoms. The zero-order valence-corrected chi connectivity index (χ0v) is 34.9. The van der Waals surface area contributed by atoms with Crippen LogP contribution in [0.15, 0.2) is 179 Å². The molecule has 6 aromatic rings. The van der Waals surface area contributed by atoms with Crippen molar-refractivity contribution in [3.05, 3.63) is 203 Å². The number of carbonyl (C=O) groups excluding carboxylic acids is 4. The van der Waals surface area contributed by atoms with Crippen LogP contribution in [-0.2, 0) is 57.7 Å². The first-order chi connectivity index (χ1) is 31.1. The number of nitrogen functional groups attached to an aromatic ring is 2. The number of amidine groups is 2. The molecule has 8 N–H and O–H groups in total. The van der Waals surface area contributed by atoms with Crippen LogP contribution in [0.4, 0.5) is 34.1 Å². The van der Waals surface area contributed by atoms with Crippen molar-refractivity contribution in [1.82, 2.24) is 10.6 Å². The molecule has 64 heavy (non-hydrogen) atoms. The number of hydrogen-bond acceptors (Lipinski definition) is 10. The van der Waals surface area contributed by atoms with Crippen LogP contribution in [0.1, 0.15) is 33.4 Å². The van der Waals surface area contributed by atoms with Gasteiger partial charge >= 0.3 is 0 Å². The van der Waals surface area contributed by atoms with Crippen molar-refractivity contribution >= 4 is 69.2 Å². The van der Waals surface area contributed by atoms with Gasteiger partial charge in [0.05, 0.1) is 22.8 Å². The molecule has 0 fully saturated rings. The molecule has 8 rings (SSSR count). The van der Waals surface area contributed by atoms with Gasteiger partial charge in [0.2, 0.25) is 11.6 Å². The van der Waals surface area contributed by atoms with Crippen molar-refractivity contribution in [2.45, 2.75) is 38.5 Å². The van der Waals surface area contributed by atoms with Gasteiger partial charge in [-0.25, -0.2) is 9.98 Å². The van der Waals surface area contributed by atoms with E-state index in [1.54, 1.807) is 0 Å². The summed E-state index contributed by atoms with van der Waals surface area (Å²) in [4.78, 5) is 58.7. The second-order valence-electron chi connectivity index (χ2n) is 15.6. The fourth-order valence-electron chi connectivity index (χ4n) is 7.16. The van der Waals surface area contributed by atoms with Gasteiger partial charge in [0.15, 0.2) is 11.7 Å². The van der Waals surface area contributed by atoms with Crippen LogP contribution >= 0.6 is 0 Å². The molecule has 0 spiro atoms. The summed E-state index contributed by atoms with van der Waals surface area (Å²) in [6, 6.07) is 47.1. The minimum Gasteiger partial charge on any atom is -0.399 e. The van der Waals surface area contributed by atoms with E-state index < -0.39 is 23.4 Å². The fourth-order valence-corrected chi connectivity index (χ4v) is 7.16. The molecular weight excluding hydrogens is 801 g/mol. The topological polar surface area (TPSA) is 193 Å². The molecule has 0 atom stereocenters. The lowest BCUT2D eigenvalue weighted by molar-refractivity contribution is -0.134. The molecule has 2 amide bonds. The molecular formula is C52H46N8O4. The number of anilines is 4. The van der Waals surface area contributed by atoms with Crippen LogP contribution < -0.4 is 32.7 Å². The molecule has 318 valence electrons. The fraction of sp³-hybridized carbons (Fsp3) is 0.115. The molecule has 0 aromatic heterocycles. The van der Waals surface area contributed by atoms with E-state index in [9.17, 15) is 19.2 Å². The average Bonchev–Trinajstić information content (AvgIpc) is 3.30. The number of aryl methyl sites for hydroxylation is 6. The van der Waals surface area contributed by atoms with Gasteiger partial charge in [0.25, 0.3) is 11.8 Å². The van der Waals surface area contributed by atoms with Crippen LogP contribution in [0.2, 0.25) is 0 Å². The van der Waals surface area contributed by atoms with E-state index in [0.717, 1.165) is 83.5 Å². The molecule has 2 aliphatic rings. The second-order valence-corrected chi connectivity index (χ2v) is 15.6. The number of hydrogen-bond donors (Lipinski definition) is 6. The van der Waals surface area contributed by atoms with Crippen LogP contribution in [-0.4, -0.2) is 35.1 Å². The van der Waals surface area contributed by atoms with Gasteiger partial charge in [0.1, 0.15) is 0 Å². The number of nitrogens with one attached hydrogen (secondary N) is 4. The van der Waals surface area contributed by atoms with Crippen molar-refractivity contribution in [3.8, 4) is 0 Å². The lowest BCUT2D eigenvalue weighted by Gasteiger charge is -2.18. The summed E-state index contributed by atoms with van der Waals surface area (Å²) in [6.07, 6.45) is 7.54. The average molecular weight is 847 g/mol.